The van der Waals surface area contributed by atoms with Crippen molar-refractivity contribution in [2.45, 2.75) is 19.5 Å². The lowest BCUT2D eigenvalue weighted by Crippen LogP contribution is -2.36. The molecule has 1 N–H and O–H groups in total. The van der Waals surface area contributed by atoms with Crippen LogP contribution in [0.15, 0.2) is 48.5 Å². The van der Waals surface area contributed by atoms with Crippen molar-refractivity contribution in [3.8, 4) is 0 Å². The zero-order valence-corrected chi connectivity index (χ0v) is 14.7. The molecule has 1 amide bonds. The van der Waals surface area contributed by atoms with Gasteiger partial charge in [-0.15, -0.1) is 0 Å². The Labute approximate surface area is 147 Å². The second-order valence-corrected chi connectivity index (χ2v) is 6.45. The van der Waals surface area contributed by atoms with Crippen molar-refractivity contribution in [2.75, 3.05) is 13.6 Å². The first kappa shape index (κ1) is 17.8. The van der Waals surface area contributed by atoms with Gasteiger partial charge in [0.15, 0.2) is 0 Å². The van der Waals surface area contributed by atoms with Gasteiger partial charge in [-0.3, -0.25) is 9.69 Å². The number of carbonyl (C=O) groups excluding carboxylic acids is 1. The SMILES string of the molecule is CC(NC(=O)CN(C)Cc1ccc(Cl)cc1)c1ccccc1Cl. The Balaban J connectivity index is 1.86. The van der Waals surface area contributed by atoms with E-state index in [2.05, 4.69) is 5.32 Å². The summed E-state index contributed by atoms with van der Waals surface area (Å²) in [5.41, 5.74) is 2.03. The molecule has 2 aromatic rings. The molecule has 0 aromatic heterocycles. The number of rotatable bonds is 6. The molecule has 5 heteroatoms. The van der Waals surface area contributed by atoms with E-state index in [0.29, 0.717) is 23.1 Å². The molecule has 2 aromatic carbocycles. The fourth-order valence-electron chi connectivity index (χ4n) is 2.39. The highest BCUT2D eigenvalue weighted by Gasteiger charge is 2.13. The molecule has 1 unspecified atom stereocenters. The molecule has 0 fully saturated rings. The highest BCUT2D eigenvalue weighted by Crippen LogP contribution is 2.22. The van der Waals surface area contributed by atoms with Gasteiger partial charge in [-0.25, -0.2) is 0 Å². The Bertz CT molecular complexity index is 658. The lowest BCUT2D eigenvalue weighted by atomic mass is 10.1. The third-order valence-electron chi connectivity index (χ3n) is 3.53. The maximum atomic E-state index is 12.2. The predicted molar refractivity (Wildman–Crippen MR) is 95.8 cm³/mol. The standard InChI is InChI=1S/C18H20Cl2N2O/c1-13(16-5-3-4-6-17(16)20)21-18(23)12-22(2)11-14-7-9-15(19)10-8-14/h3-10,13H,11-12H2,1-2H3,(H,21,23). The predicted octanol–water partition coefficient (Wildman–Crippen LogP) is 4.30. The molecule has 1 atom stereocenters. The number of hydrogen-bond acceptors (Lipinski definition) is 2. The molecule has 0 aliphatic carbocycles. The van der Waals surface area contributed by atoms with Gasteiger partial charge in [-0.2, -0.15) is 0 Å². The Morgan fingerprint density at radius 3 is 2.43 bits per heavy atom. The van der Waals surface area contributed by atoms with Crippen LogP contribution in [0.25, 0.3) is 0 Å². The molecular formula is C18H20Cl2N2O. The summed E-state index contributed by atoms with van der Waals surface area (Å²) in [4.78, 5) is 14.1. The van der Waals surface area contributed by atoms with E-state index in [4.69, 9.17) is 23.2 Å². The molecule has 122 valence electrons. The van der Waals surface area contributed by atoms with Crippen LogP contribution in [0.1, 0.15) is 24.1 Å². The minimum absolute atomic E-state index is 0.0334. The van der Waals surface area contributed by atoms with E-state index in [1.807, 2.05) is 67.4 Å². The van der Waals surface area contributed by atoms with Crippen LogP contribution in [0.3, 0.4) is 0 Å². The van der Waals surface area contributed by atoms with Crippen LogP contribution in [-0.4, -0.2) is 24.4 Å². The average molecular weight is 351 g/mol. The summed E-state index contributed by atoms with van der Waals surface area (Å²) in [6, 6.07) is 15.0. The van der Waals surface area contributed by atoms with E-state index in [1.54, 1.807) is 0 Å². The third-order valence-corrected chi connectivity index (χ3v) is 4.12. The fourth-order valence-corrected chi connectivity index (χ4v) is 2.82. The highest BCUT2D eigenvalue weighted by molar-refractivity contribution is 6.31. The monoisotopic (exact) mass is 350 g/mol. The Morgan fingerprint density at radius 1 is 1.13 bits per heavy atom. The second-order valence-electron chi connectivity index (χ2n) is 5.61. The Hall–Kier alpha value is -1.55. The smallest absolute Gasteiger partial charge is 0.234 e. The lowest BCUT2D eigenvalue weighted by Gasteiger charge is -2.20. The quantitative estimate of drug-likeness (QED) is 0.842. The number of carbonyl (C=O) groups is 1. The molecule has 0 bridgehead atoms. The molecule has 0 radical (unpaired) electrons. The van der Waals surface area contributed by atoms with Crippen molar-refractivity contribution in [1.82, 2.24) is 10.2 Å². The number of likely N-dealkylation sites (N-methyl/N-ethyl adjacent to an activating group) is 1. The summed E-state index contributed by atoms with van der Waals surface area (Å²) in [5.74, 6) is -0.0334. The van der Waals surface area contributed by atoms with Crippen LogP contribution >= 0.6 is 23.2 Å². The first-order valence-electron chi connectivity index (χ1n) is 7.42. The van der Waals surface area contributed by atoms with E-state index >= 15 is 0 Å². The number of amides is 1. The molecule has 0 saturated carbocycles. The van der Waals surface area contributed by atoms with E-state index < -0.39 is 0 Å². The largest absolute Gasteiger partial charge is 0.348 e. The molecule has 23 heavy (non-hydrogen) atoms. The molecule has 0 spiro atoms. The fraction of sp³-hybridized carbons (Fsp3) is 0.278. The number of hydrogen-bond donors (Lipinski definition) is 1. The summed E-state index contributed by atoms with van der Waals surface area (Å²) < 4.78 is 0. The van der Waals surface area contributed by atoms with Crippen LogP contribution in [0.2, 0.25) is 10.0 Å². The summed E-state index contributed by atoms with van der Waals surface area (Å²) in [7, 11) is 1.91. The van der Waals surface area contributed by atoms with Gasteiger partial charge in [0.1, 0.15) is 0 Å². The van der Waals surface area contributed by atoms with Crippen LogP contribution < -0.4 is 5.32 Å². The van der Waals surface area contributed by atoms with E-state index in [0.717, 1.165) is 11.1 Å². The molecule has 0 aliphatic heterocycles. The minimum atomic E-state index is -0.125. The van der Waals surface area contributed by atoms with Gasteiger partial charge < -0.3 is 5.32 Å². The maximum Gasteiger partial charge on any atom is 0.234 e. The zero-order chi connectivity index (χ0) is 16.8. The molecule has 0 heterocycles. The van der Waals surface area contributed by atoms with Gasteiger partial charge in [0.2, 0.25) is 5.91 Å². The van der Waals surface area contributed by atoms with Gasteiger partial charge in [0.05, 0.1) is 12.6 Å². The highest BCUT2D eigenvalue weighted by atomic mass is 35.5. The zero-order valence-electron chi connectivity index (χ0n) is 13.2. The van der Waals surface area contributed by atoms with E-state index in [-0.39, 0.29) is 11.9 Å². The van der Waals surface area contributed by atoms with E-state index in [1.165, 1.54) is 0 Å². The van der Waals surface area contributed by atoms with E-state index in [9.17, 15) is 4.79 Å². The average Bonchev–Trinajstić information content (AvgIpc) is 2.49. The maximum absolute atomic E-state index is 12.2. The molecule has 0 aliphatic rings. The number of nitrogens with zero attached hydrogens (tertiary/aromatic N) is 1. The van der Waals surface area contributed by atoms with Crippen molar-refractivity contribution in [3.63, 3.8) is 0 Å². The van der Waals surface area contributed by atoms with Crippen molar-refractivity contribution in [1.29, 1.82) is 0 Å². The molecule has 0 saturated heterocycles. The van der Waals surface area contributed by atoms with Gasteiger partial charge in [-0.05, 0) is 43.3 Å². The first-order chi connectivity index (χ1) is 11.0. The van der Waals surface area contributed by atoms with Crippen molar-refractivity contribution < 1.29 is 4.79 Å². The van der Waals surface area contributed by atoms with Crippen molar-refractivity contribution in [3.05, 3.63) is 69.7 Å². The summed E-state index contributed by atoms with van der Waals surface area (Å²) >= 11 is 12.0. The molecular weight excluding hydrogens is 331 g/mol. The third kappa shape index (κ3) is 5.54. The second kappa shape index (κ2) is 8.34. The Morgan fingerprint density at radius 2 is 1.78 bits per heavy atom. The minimum Gasteiger partial charge on any atom is -0.348 e. The number of benzene rings is 2. The molecule has 2 rings (SSSR count). The Kier molecular flexibility index (Phi) is 6.46. The first-order valence-corrected chi connectivity index (χ1v) is 8.18. The van der Waals surface area contributed by atoms with Gasteiger partial charge in [0.25, 0.3) is 0 Å². The number of nitrogens with one attached hydrogen (secondary N) is 1. The van der Waals surface area contributed by atoms with Crippen LogP contribution in [-0.2, 0) is 11.3 Å². The summed E-state index contributed by atoms with van der Waals surface area (Å²) in [5, 5.41) is 4.35. The van der Waals surface area contributed by atoms with Gasteiger partial charge in [-0.1, -0.05) is 53.5 Å². The van der Waals surface area contributed by atoms with Gasteiger partial charge >= 0.3 is 0 Å². The summed E-state index contributed by atoms with van der Waals surface area (Å²) in [6.07, 6.45) is 0. The van der Waals surface area contributed by atoms with Crippen molar-refractivity contribution in [2.24, 2.45) is 0 Å². The topological polar surface area (TPSA) is 32.3 Å². The van der Waals surface area contributed by atoms with Crippen molar-refractivity contribution >= 4 is 29.1 Å². The molecule has 3 nitrogen and oxygen atoms in total. The van der Waals surface area contributed by atoms with Crippen LogP contribution in [0.5, 0.6) is 0 Å². The van der Waals surface area contributed by atoms with Crippen LogP contribution in [0.4, 0.5) is 0 Å². The summed E-state index contributed by atoms with van der Waals surface area (Å²) in [6.45, 7) is 2.93. The van der Waals surface area contributed by atoms with Gasteiger partial charge in [0, 0.05) is 16.6 Å². The van der Waals surface area contributed by atoms with Crippen LogP contribution in [0, 0.1) is 0 Å². The lowest BCUT2D eigenvalue weighted by molar-refractivity contribution is -0.122. The number of halogens is 2. The normalized spacial score (nSPS) is 12.2.